The minimum atomic E-state index is 0. The Labute approximate surface area is 77.2 Å². The lowest BCUT2D eigenvalue weighted by Gasteiger charge is -1.84. The Hall–Kier alpha value is -0.940. The van der Waals surface area contributed by atoms with Crippen molar-refractivity contribution in [1.29, 1.82) is 0 Å². The minimum absolute atomic E-state index is 0. The van der Waals surface area contributed by atoms with Gasteiger partial charge in [-0.2, -0.15) is 0 Å². The lowest BCUT2D eigenvalue weighted by Crippen LogP contribution is -1.71. The fourth-order valence-corrected chi connectivity index (χ4v) is 0.631. The molecule has 0 saturated carbocycles. The number of hydrogen-bond acceptors (Lipinski definition) is 1. The van der Waals surface area contributed by atoms with Gasteiger partial charge in [0.2, 0.25) is 0 Å². The van der Waals surface area contributed by atoms with Crippen molar-refractivity contribution in [2.75, 3.05) is 7.11 Å². The van der Waals surface area contributed by atoms with Crippen LogP contribution in [0.3, 0.4) is 0 Å². The Morgan fingerprint density at radius 3 is 2.36 bits per heavy atom. The summed E-state index contributed by atoms with van der Waals surface area (Å²) in [6.07, 6.45) is 2.51. The Morgan fingerprint density at radius 2 is 1.82 bits per heavy atom. The van der Waals surface area contributed by atoms with Crippen LogP contribution >= 0.6 is 17.0 Å². The van der Waals surface area contributed by atoms with Gasteiger partial charge in [0.25, 0.3) is 0 Å². The largest absolute Gasteiger partial charge is 0.450 e. The van der Waals surface area contributed by atoms with Crippen molar-refractivity contribution in [1.82, 2.24) is 0 Å². The number of halogens is 1. The quantitative estimate of drug-likeness (QED) is 0.600. The second-order valence-corrected chi connectivity index (χ2v) is 1.80. The molecule has 0 N–H and O–H groups in total. The van der Waals surface area contributed by atoms with E-state index < -0.39 is 0 Å². The van der Waals surface area contributed by atoms with Gasteiger partial charge in [0, 0.05) is 5.56 Å². The second kappa shape index (κ2) is 5.82. The summed E-state index contributed by atoms with van der Waals surface area (Å²) >= 11 is 0. The topological polar surface area (TPSA) is 9.23 Å². The normalized spacial score (nSPS) is 7.00. The molecule has 0 atom stereocenters. The molecule has 1 aromatic rings. The molecular formula is C9H9BrO. The van der Waals surface area contributed by atoms with Crippen molar-refractivity contribution in [3.8, 4) is 12.0 Å². The van der Waals surface area contributed by atoms with E-state index in [1.807, 2.05) is 30.3 Å². The summed E-state index contributed by atoms with van der Waals surface area (Å²) in [5.74, 6) is 2.82. The van der Waals surface area contributed by atoms with Gasteiger partial charge in [-0.1, -0.05) is 18.2 Å². The van der Waals surface area contributed by atoms with Gasteiger partial charge in [-0.3, -0.25) is 0 Å². The molecule has 0 radical (unpaired) electrons. The summed E-state index contributed by atoms with van der Waals surface area (Å²) in [7, 11) is 1.55. The van der Waals surface area contributed by atoms with Crippen molar-refractivity contribution in [2.24, 2.45) is 0 Å². The third kappa shape index (κ3) is 3.69. The Morgan fingerprint density at radius 1 is 1.18 bits per heavy atom. The lowest BCUT2D eigenvalue weighted by molar-refractivity contribution is 0.372. The van der Waals surface area contributed by atoms with Gasteiger partial charge >= 0.3 is 0 Å². The predicted molar refractivity (Wildman–Crippen MR) is 50.7 cm³/mol. The molecule has 2 heteroatoms. The van der Waals surface area contributed by atoms with Gasteiger partial charge in [-0.25, -0.2) is 0 Å². The number of hydrogen-bond donors (Lipinski definition) is 0. The van der Waals surface area contributed by atoms with E-state index in [1.54, 1.807) is 7.11 Å². The molecule has 0 spiro atoms. The molecule has 11 heavy (non-hydrogen) atoms. The molecule has 1 nitrogen and oxygen atoms in total. The summed E-state index contributed by atoms with van der Waals surface area (Å²) in [4.78, 5) is 0. The van der Waals surface area contributed by atoms with Crippen LogP contribution < -0.4 is 0 Å². The number of methoxy groups -OCH3 is 1. The van der Waals surface area contributed by atoms with Crippen LogP contribution in [-0.2, 0) is 4.74 Å². The maximum atomic E-state index is 4.58. The second-order valence-electron chi connectivity index (χ2n) is 1.80. The molecule has 0 aliphatic carbocycles. The molecule has 0 unspecified atom stereocenters. The van der Waals surface area contributed by atoms with Gasteiger partial charge in [-0.05, 0) is 18.1 Å². The maximum absolute atomic E-state index is 4.58. The molecule has 0 bridgehead atoms. The molecule has 0 aliphatic rings. The summed E-state index contributed by atoms with van der Waals surface area (Å²) in [6, 6.07) is 9.72. The zero-order chi connectivity index (χ0) is 7.23. The SMILES string of the molecule is Br.COC#Cc1ccccc1. The van der Waals surface area contributed by atoms with Gasteiger partial charge in [0.15, 0.2) is 0 Å². The standard InChI is InChI=1S/C9H8O.BrH/c1-10-8-7-9-5-3-2-4-6-9;/h2-6H,1H3;1H. The van der Waals surface area contributed by atoms with Gasteiger partial charge in [0.05, 0.1) is 7.11 Å². The molecular weight excluding hydrogens is 204 g/mol. The summed E-state index contributed by atoms with van der Waals surface area (Å²) in [6.45, 7) is 0. The highest BCUT2D eigenvalue weighted by atomic mass is 79.9. The van der Waals surface area contributed by atoms with Crippen LogP contribution in [0.2, 0.25) is 0 Å². The average Bonchev–Trinajstić information content (AvgIpc) is 2.03. The lowest BCUT2D eigenvalue weighted by atomic mass is 10.2. The van der Waals surface area contributed by atoms with Crippen molar-refractivity contribution < 1.29 is 4.74 Å². The van der Waals surface area contributed by atoms with Crippen molar-refractivity contribution in [2.45, 2.75) is 0 Å². The van der Waals surface area contributed by atoms with E-state index in [0.717, 1.165) is 5.56 Å². The van der Waals surface area contributed by atoms with Crippen molar-refractivity contribution >= 4 is 17.0 Å². The van der Waals surface area contributed by atoms with E-state index in [-0.39, 0.29) is 17.0 Å². The van der Waals surface area contributed by atoms with E-state index in [9.17, 15) is 0 Å². The van der Waals surface area contributed by atoms with Crippen LogP contribution in [0.5, 0.6) is 0 Å². The highest BCUT2D eigenvalue weighted by Crippen LogP contribution is 1.93. The molecule has 0 saturated heterocycles. The molecule has 0 heterocycles. The van der Waals surface area contributed by atoms with E-state index in [4.69, 9.17) is 0 Å². The predicted octanol–water partition coefficient (Wildman–Crippen LogP) is 2.22. The van der Waals surface area contributed by atoms with Crippen LogP contribution in [0, 0.1) is 12.0 Å². The first-order valence-electron chi connectivity index (χ1n) is 3.02. The number of rotatable bonds is 0. The van der Waals surface area contributed by atoms with E-state index in [1.165, 1.54) is 0 Å². The van der Waals surface area contributed by atoms with Crippen LogP contribution in [0.1, 0.15) is 5.56 Å². The first-order valence-corrected chi connectivity index (χ1v) is 3.02. The number of benzene rings is 1. The van der Waals surface area contributed by atoms with Crippen molar-refractivity contribution in [3.05, 3.63) is 35.9 Å². The van der Waals surface area contributed by atoms with Gasteiger partial charge in [-0.15, -0.1) is 17.0 Å². The Balaban J connectivity index is 0.000001000. The van der Waals surface area contributed by atoms with Crippen LogP contribution in [-0.4, -0.2) is 7.11 Å². The fourth-order valence-electron chi connectivity index (χ4n) is 0.631. The summed E-state index contributed by atoms with van der Waals surface area (Å²) in [5, 5.41) is 0. The molecule has 0 aromatic heterocycles. The summed E-state index contributed by atoms with van der Waals surface area (Å²) < 4.78 is 4.58. The third-order valence-corrected chi connectivity index (χ3v) is 1.07. The van der Waals surface area contributed by atoms with Gasteiger partial charge in [0.1, 0.15) is 6.11 Å². The summed E-state index contributed by atoms with van der Waals surface area (Å²) in [5.41, 5.74) is 0.976. The third-order valence-electron chi connectivity index (χ3n) is 1.07. The molecule has 1 aromatic carbocycles. The van der Waals surface area contributed by atoms with Crippen LogP contribution in [0.15, 0.2) is 30.3 Å². The molecule has 0 amide bonds. The van der Waals surface area contributed by atoms with E-state index in [2.05, 4.69) is 16.8 Å². The van der Waals surface area contributed by atoms with Crippen molar-refractivity contribution in [3.63, 3.8) is 0 Å². The number of ether oxygens (including phenoxy) is 1. The van der Waals surface area contributed by atoms with E-state index in [0.29, 0.717) is 0 Å². The highest BCUT2D eigenvalue weighted by molar-refractivity contribution is 8.93. The minimum Gasteiger partial charge on any atom is -0.450 e. The van der Waals surface area contributed by atoms with Gasteiger partial charge < -0.3 is 4.74 Å². The molecule has 58 valence electrons. The first-order chi connectivity index (χ1) is 4.93. The van der Waals surface area contributed by atoms with Crippen LogP contribution in [0.4, 0.5) is 0 Å². The highest BCUT2D eigenvalue weighted by Gasteiger charge is 1.79. The Bertz CT molecular complexity index is 245. The molecule has 0 aliphatic heterocycles. The molecule has 1 rings (SSSR count). The average molecular weight is 213 g/mol. The molecule has 0 fully saturated rings. The monoisotopic (exact) mass is 212 g/mol. The first kappa shape index (κ1) is 10.1. The zero-order valence-corrected chi connectivity index (χ0v) is 7.92. The fraction of sp³-hybridized carbons (Fsp3) is 0.111. The van der Waals surface area contributed by atoms with E-state index >= 15 is 0 Å². The maximum Gasteiger partial charge on any atom is 0.115 e. The smallest absolute Gasteiger partial charge is 0.115 e. The Kier molecular flexibility index (Phi) is 5.32. The zero-order valence-electron chi connectivity index (χ0n) is 6.20. The van der Waals surface area contributed by atoms with Crippen LogP contribution in [0.25, 0.3) is 0 Å².